The number of benzene rings is 2. The van der Waals surface area contributed by atoms with Crippen LogP contribution in [-0.2, 0) is 9.59 Å². The molecule has 0 aliphatic carbocycles. The average Bonchev–Trinajstić information content (AvgIpc) is 2.62. The number of carboxylic acid groups (broad SMARTS) is 1. The van der Waals surface area contributed by atoms with Crippen molar-refractivity contribution in [3.8, 4) is 5.75 Å². The highest BCUT2D eigenvalue weighted by atomic mass is 16.5. The van der Waals surface area contributed by atoms with Gasteiger partial charge in [-0.3, -0.25) is 9.59 Å². The largest absolute Gasteiger partial charge is 0.497 e. The molecule has 2 aromatic carbocycles. The maximum absolute atomic E-state index is 11.8. The van der Waals surface area contributed by atoms with Gasteiger partial charge >= 0.3 is 17.8 Å². The van der Waals surface area contributed by atoms with E-state index in [2.05, 4.69) is 15.8 Å². The molecular formula is C17H15N3O5. The van der Waals surface area contributed by atoms with Crippen LogP contribution < -0.4 is 15.5 Å². The van der Waals surface area contributed by atoms with Crippen molar-refractivity contribution in [2.24, 2.45) is 5.10 Å². The number of nitrogens with zero attached hydrogens (tertiary/aromatic N) is 1. The lowest BCUT2D eigenvalue weighted by Gasteiger charge is -2.04. The van der Waals surface area contributed by atoms with Gasteiger partial charge < -0.3 is 15.2 Å². The molecule has 2 amide bonds. The summed E-state index contributed by atoms with van der Waals surface area (Å²) >= 11 is 0. The molecule has 3 N–H and O–H groups in total. The lowest BCUT2D eigenvalue weighted by molar-refractivity contribution is -0.136. The monoisotopic (exact) mass is 341 g/mol. The lowest BCUT2D eigenvalue weighted by Crippen LogP contribution is -2.32. The first-order valence-electron chi connectivity index (χ1n) is 7.11. The van der Waals surface area contributed by atoms with Gasteiger partial charge in [0.1, 0.15) is 5.75 Å². The van der Waals surface area contributed by atoms with Crippen LogP contribution in [0.25, 0.3) is 0 Å². The van der Waals surface area contributed by atoms with Gasteiger partial charge in [0.25, 0.3) is 0 Å². The van der Waals surface area contributed by atoms with E-state index in [-0.39, 0.29) is 11.3 Å². The first kappa shape index (κ1) is 17.7. The van der Waals surface area contributed by atoms with Gasteiger partial charge in [0.05, 0.1) is 18.9 Å². The Bertz CT molecular complexity index is 815. The van der Waals surface area contributed by atoms with Crippen molar-refractivity contribution in [1.29, 1.82) is 0 Å². The van der Waals surface area contributed by atoms with Crippen LogP contribution in [0, 0.1) is 0 Å². The van der Waals surface area contributed by atoms with Crippen LogP contribution in [0.15, 0.2) is 53.6 Å². The number of hydrogen-bond donors (Lipinski definition) is 3. The molecule has 0 heterocycles. The number of rotatable bonds is 5. The predicted octanol–water partition coefficient (Wildman–Crippen LogP) is 1.48. The van der Waals surface area contributed by atoms with Crippen molar-refractivity contribution in [3.63, 3.8) is 0 Å². The fourth-order valence-electron chi connectivity index (χ4n) is 1.82. The molecule has 128 valence electrons. The number of carbonyl (C=O) groups is 3. The smallest absolute Gasteiger partial charge is 0.335 e. The fraction of sp³-hybridized carbons (Fsp3) is 0.0588. The van der Waals surface area contributed by atoms with Crippen LogP contribution in [0.3, 0.4) is 0 Å². The number of carbonyl (C=O) groups excluding carboxylic acids is 2. The third-order valence-electron chi connectivity index (χ3n) is 3.07. The topological polar surface area (TPSA) is 117 Å². The second-order valence-electron chi connectivity index (χ2n) is 4.81. The maximum atomic E-state index is 11.8. The third-order valence-corrected chi connectivity index (χ3v) is 3.07. The maximum Gasteiger partial charge on any atom is 0.335 e. The van der Waals surface area contributed by atoms with E-state index in [0.717, 1.165) is 0 Å². The second-order valence-corrected chi connectivity index (χ2v) is 4.81. The van der Waals surface area contributed by atoms with Gasteiger partial charge in [0, 0.05) is 5.69 Å². The molecule has 0 saturated heterocycles. The fourth-order valence-corrected chi connectivity index (χ4v) is 1.82. The molecule has 0 fully saturated rings. The molecule has 0 unspecified atom stereocenters. The number of hydrogen-bond acceptors (Lipinski definition) is 5. The molecule has 25 heavy (non-hydrogen) atoms. The van der Waals surface area contributed by atoms with Gasteiger partial charge in [0.15, 0.2) is 0 Å². The van der Waals surface area contributed by atoms with Crippen LogP contribution >= 0.6 is 0 Å². The SMILES string of the molecule is COc1ccc(/C=N/NC(=O)C(=O)Nc2cccc(C(=O)O)c2)cc1. The predicted molar refractivity (Wildman–Crippen MR) is 90.8 cm³/mol. The quantitative estimate of drug-likeness (QED) is 0.433. The standard InChI is InChI=1S/C17H15N3O5/c1-25-14-7-5-11(6-8-14)10-18-20-16(22)15(21)19-13-4-2-3-12(9-13)17(23)24/h2-10H,1H3,(H,19,21)(H,20,22)(H,23,24)/b18-10+. The summed E-state index contributed by atoms with van der Waals surface area (Å²) in [7, 11) is 1.55. The van der Waals surface area contributed by atoms with Crippen molar-refractivity contribution in [1.82, 2.24) is 5.43 Å². The summed E-state index contributed by atoms with van der Waals surface area (Å²) in [4.78, 5) is 34.3. The van der Waals surface area contributed by atoms with Crippen molar-refractivity contribution in [3.05, 3.63) is 59.7 Å². The number of carboxylic acids is 1. The molecule has 0 bridgehead atoms. The molecular weight excluding hydrogens is 326 g/mol. The molecule has 0 spiro atoms. The Hall–Kier alpha value is -3.68. The van der Waals surface area contributed by atoms with E-state index in [1.165, 1.54) is 30.5 Å². The summed E-state index contributed by atoms with van der Waals surface area (Å²) in [6.07, 6.45) is 1.37. The Morgan fingerprint density at radius 3 is 2.44 bits per heavy atom. The van der Waals surface area contributed by atoms with Crippen molar-refractivity contribution < 1.29 is 24.2 Å². The van der Waals surface area contributed by atoms with Crippen LogP contribution in [-0.4, -0.2) is 36.2 Å². The Kier molecular flexibility index (Phi) is 5.83. The summed E-state index contributed by atoms with van der Waals surface area (Å²) in [6, 6.07) is 12.5. The molecule has 0 aliphatic heterocycles. The van der Waals surface area contributed by atoms with E-state index in [1.54, 1.807) is 31.4 Å². The first-order chi connectivity index (χ1) is 12.0. The molecule has 8 nitrogen and oxygen atoms in total. The molecule has 2 rings (SSSR count). The second kappa shape index (κ2) is 8.25. The molecule has 2 aromatic rings. The number of methoxy groups -OCH3 is 1. The molecule has 0 aliphatic rings. The first-order valence-corrected chi connectivity index (χ1v) is 7.11. The Morgan fingerprint density at radius 1 is 1.08 bits per heavy atom. The zero-order valence-corrected chi connectivity index (χ0v) is 13.2. The van der Waals surface area contributed by atoms with Crippen LogP contribution in [0.2, 0.25) is 0 Å². The minimum Gasteiger partial charge on any atom is -0.497 e. The van der Waals surface area contributed by atoms with Crippen molar-refractivity contribution >= 4 is 29.7 Å². The van der Waals surface area contributed by atoms with E-state index in [9.17, 15) is 14.4 Å². The van der Waals surface area contributed by atoms with Gasteiger partial charge in [-0.05, 0) is 48.0 Å². The van der Waals surface area contributed by atoms with E-state index in [4.69, 9.17) is 9.84 Å². The molecule has 0 radical (unpaired) electrons. The highest BCUT2D eigenvalue weighted by Crippen LogP contribution is 2.11. The molecule has 0 atom stereocenters. The number of nitrogens with one attached hydrogen (secondary N) is 2. The van der Waals surface area contributed by atoms with E-state index < -0.39 is 17.8 Å². The summed E-state index contributed by atoms with van der Waals surface area (Å²) in [5.41, 5.74) is 2.98. The number of amides is 2. The minimum absolute atomic E-state index is 0.00395. The van der Waals surface area contributed by atoms with Crippen molar-refractivity contribution in [2.45, 2.75) is 0 Å². The Labute approximate surface area is 143 Å². The Morgan fingerprint density at radius 2 is 1.80 bits per heavy atom. The third kappa shape index (κ3) is 5.17. The molecule has 0 saturated carbocycles. The normalized spacial score (nSPS) is 10.3. The lowest BCUT2D eigenvalue weighted by atomic mass is 10.2. The molecule has 8 heteroatoms. The van der Waals surface area contributed by atoms with Crippen LogP contribution in [0.1, 0.15) is 15.9 Å². The van der Waals surface area contributed by atoms with E-state index >= 15 is 0 Å². The molecule has 0 aromatic heterocycles. The highest BCUT2D eigenvalue weighted by molar-refractivity contribution is 6.39. The minimum atomic E-state index is -1.13. The average molecular weight is 341 g/mol. The van der Waals surface area contributed by atoms with Gasteiger partial charge in [0.2, 0.25) is 0 Å². The number of aromatic carboxylic acids is 1. The summed E-state index contributed by atoms with van der Waals surface area (Å²) in [6.45, 7) is 0. The summed E-state index contributed by atoms with van der Waals surface area (Å²) < 4.78 is 5.02. The van der Waals surface area contributed by atoms with Gasteiger partial charge in [-0.2, -0.15) is 5.10 Å². The van der Waals surface area contributed by atoms with Gasteiger partial charge in [-0.15, -0.1) is 0 Å². The van der Waals surface area contributed by atoms with Crippen LogP contribution in [0.4, 0.5) is 5.69 Å². The van der Waals surface area contributed by atoms with Gasteiger partial charge in [-0.25, -0.2) is 10.2 Å². The van der Waals surface area contributed by atoms with Crippen LogP contribution in [0.5, 0.6) is 5.75 Å². The zero-order chi connectivity index (χ0) is 18.2. The number of anilines is 1. The summed E-state index contributed by atoms with van der Waals surface area (Å²) in [5.74, 6) is -2.39. The van der Waals surface area contributed by atoms with Gasteiger partial charge in [-0.1, -0.05) is 6.07 Å². The zero-order valence-electron chi connectivity index (χ0n) is 13.2. The number of ether oxygens (including phenoxy) is 1. The van der Waals surface area contributed by atoms with E-state index in [0.29, 0.717) is 11.3 Å². The Balaban J connectivity index is 1.91. The number of hydrazone groups is 1. The van der Waals surface area contributed by atoms with Crippen molar-refractivity contribution in [2.75, 3.05) is 12.4 Å². The highest BCUT2D eigenvalue weighted by Gasteiger charge is 2.13. The van der Waals surface area contributed by atoms with E-state index in [1.807, 2.05) is 0 Å². The summed E-state index contributed by atoms with van der Waals surface area (Å²) in [5, 5.41) is 14.9.